The van der Waals surface area contributed by atoms with Crippen molar-refractivity contribution in [3.63, 3.8) is 0 Å². The van der Waals surface area contributed by atoms with Gasteiger partial charge in [-0.1, -0.05) is 35.0 Å². The van der Waals surface area contributed by atoms with Crippen LogP contribution in [0.5, 0.6) is 0 Å². The number of pyridine rings is 1. The SMILES string of the molecule is CO/N=C(/c1ccccc1Cl)C1CCN(C(=O)C2CCN(Cc3ccnc(N)c3)CC2)CC1. The number of likely N-dealkylation sites (tertiary alicyclic amines) is 2. The smallest absolute Gasteiger partial charge is 0.225 e. The third-order valence-electron chi connectivity index (χ3n) is 6.72. The van der Waals surface area contributed by atoms with Crippen LogP contribution in [0.2, 0.25) is 5.02 Å². The van der Waals surface area contributed by atoms with E-state index in [-0.39, 0.29) is 11.8 Å². The van der Waals surface area contributed by atoms with Crippen molar-refractivity contribution in [2.24, 2.45) is 17.0 Å². The first-order valence-electron chi connectivity index (χ1n) is 11.6. The summed E-state index contributed by atoms with van der Waals surface area (Å²) >= 11 is 6.41. The van der Waals surface area contributed by atoms with Gasteiger partial charge in [-0.15, -0.1) is 0 Å². The predicted molar refractivity (Wildman–Crippen MR) is 131 cm³/mol. The molecule has 2 N–H and O–H groups in total. The predicted octanol–water partition coefficient (Wildman–Crippen LogP) is 3.82. The number of nitrogens with zero attached hydrogens (tertiary/aromatic N) is 4. The normalized spacial score (nSPS) is 19.0. The van der Waals surface area contributed by atoms with Crippen LogP contribution in [0.4, 0.5) is 5.82 Å². The van der Waals surface area contributed by atoms with Gasteiger partial charge in [0.15, 0.2) is 0 Å². The van der Waals surface area contributed by atoms with Crippen molar-refractivity contribution in [2.45, 2.75) is 32.2 Å². The summed E-state index contributed by atoms with van der Waals surface area (Å²) in [5, 5.41) is 4.97. The molecule has 4 rings (SSSR count). The van der Waals surface area contributed by atoms with Crippen LogP contribution >= 0.6 is 11.6 Å². The van der Waals surface area contributed by atoms with Crippen LogP contribution in [0.1, 0.15) is 36.8 Å². The molecule has 2 aliphatic rings. The molecule has 7 nitrogen and oxygen atoms in total. The fraction of sp³-hybridized carbons (Fsp3) is 0.480. The minimum absolute atomic E-state index is 0.107. The topological polar surface area (TPSA) is 84.0 Å². The number of carbonyl (C=O) groups excluding carboxylic acids is 1. The van der Waals surface area contributed by atoms with Crippen molar-refractivity contribution >= 4 is 29.0 Å². The number of carbonyl (C=O) groups is 1. The van der Waals surface area contributed by atoms with Crippen molar-refractivity contribution < 1.29 is 9.63 Å². The number of oxime groups is 1. The lowest BCUT2D eigenvalue weighted by molar-refractivity contribution is -0.138. The molecule has 0 bridgehead atoms. The zero-order valence-corrected chi connectivity index (χ0v) is 19.9. The van der Waals surface area contributed by atoms with Gasteiger partial charge in [0.05, 0.1) is 5.71 Å². The maximum atomic E-state index is 13.2. The number of aromatic nitrogens is 1. The summed E-state index contributed by atoms with van der Waals surface area (Å²) in [5.74, 6) is 1.18. The highest BCUT2D eigenvalue weighted by atomic mass is 35.5. The quantitative estimate of drug-likeness (QED) is 0.513. The second kappa shape index (κ2) is 11.0. The van der Waals surface area contributed by atoms with Crippen LogP contribution in [0.25, 0.3) is 0 Å². The summed E-state index contributed by atoms with van der Waals surface area (Å²) in [6.07, 6.45) is 5.27. The number of benzene rings is 1. The second-order valence-electron chi connectivity index (χ2n) is 8.88. The first kappa shape index (κ1) is 23.5. The van der Waals surface area contributed by atoms with Gasteiger partial charge < -0.3 is 15.5 Å². The molecule has 2 saturated heterocycles. The zero-order chi connectivity index (χ0) is 23.2. The number of amides is 1. The lowest BCUT2D eigenvalue weighted by atomic mass is 9.87. The Morgan fingerprint density at radius 2 is 1.82 bits per heavy atom. The summed E-state index contributed by atoms with van der Waals surface area (Å²) in [6.45, 7) is 4.18. The average molecular weight is 470 g/mol. The number of rotatable bonds is 6. The maximum absolute atomic E-state index is 13.2. The highest BCUT2D eigenvalue weighted by molar-refractivity contribution is 6.34. The molecule has 2 aliphatic heterocycles. The molecule has 176 valence electrons. The molecule has 0 aliphatic carbocycles. The van der Waals surface area contributed by atoms with Crippen molar-refractivity contribution in [1.82, 2.24) is 14.8 Å². The lowest BCUT2D eigenvalue weighted by Crippen LogP contribution is -2.46. The van der Waals surface area contributed by atoms with E-state index in [0.717, 1.165) is 69.7 Å². The number of piperidine rings is 2. The highest BCUT2D eigenvalue weighted by Crippen LogP contribution is 2.29. The Morgan fingerprint density at radius 3 is 2.48 bits per heavy atom. The lowest BCUT2D eigenvalue weighted by Gasteiger charge is -2.37. The molecule has 2 fully saturated rings. The van der Waals surface area contributed by atoms with E-state index in [1.54, 1.807) is 13.3 Å². The minimum atomic E-state index is 0.107. The second-order valence-corrected chi connectivity index (χ2v) is 9.29. The summed E-state index contributed by atoms with van der Waals surface area (Å²) in [5.41, 5.74) is 8.75. The highest BCUT2D eigenvalue weighted by Gasteiger charge is 2.33. The van der Waals surface area contributed by atoms with Gasteiger partial charge in [0, 0.05) is 48.3 Å². The van der Waals surface area contributed by atoms with Crippen molar-refractivity contribution in [3.05, 3.63) is 58.7 Å². The van der Waals surface area contributed by atoms with E-state index < -0.39 is 0 Å². The maximum Gasteiger partial charge on any atom is 0.225 e. The minimum Gasteiger partial charge on any atom is -0.399 e. The van der Waals surface area contributed by atoms with Gasteiger partial charge in [0.2, 0.25) is 5.91 Å². The van der Waals surface area contributed by atoms with Crippen LogP contribution < -0.4 is 5.73 Å². The zero-order valence-electron chi connectivity index (χ0n) is 19.1. The van der Waals surface area contributed by atoms with E-state index >= 15 is 0 Å². The summed E-state index contributed by atoms with van der Waals surface area (Å²) in [4.78, 5) is 26.8. The van der Waals surface area contributed by atoms with Gasteiger partial charge in [0.1, 0.15) is 12.9 Å². The molecule has 2 aromatic rings. The number of nitrogens with two attached hydrogens (primary N) is 1. The molecule has 33 heavy (non-hydrogen) atoms. The molecule has 0 spiro atoms. The third kappa shape index (κ3) is 5.84. The average Bonchev–Trinajstić information content (AvgIpc) is 2.83. The number of anilines is 1. The standard InChI is InChI=1S/C25H32ClN5O2/c1-33-29-24(21-4-2-3-5-22(21)26)19-9-14-31(15-10-19)25(32)20-7-12-30(13-8-20)17-18-6-11-28-23(27)16-18/h2-6,11,16,19-20H,7-10,12-15,17H2,1H3,(H2,27,28)/b29-24+. The fourth-order valence-electron chi connectivity index (χ4n) is 4.93. The number of hydrogen-bond acceptors (Lipinski definition) is 6. The molecule has 1 aromatic carbocycles. The van der Waals surface area contributed by atoms with Crippen LogP contribution in [0.3, 0.4) is 0 Å². The summed E-state index contributed by atoms with van der Waals surface area (Å²) in [6, 6.07) is 11.6. The van der Waals surface area contributed by atoms with Gasteiger partial charge in [-0.25, -0.2) is 4.98 Å². The third-order valence-corrected chi connectivity index (χ3v) is 7.05. The first-order chi connectivity index (χ1) is 16.0. The van der Waals surface area contributed by atoms with E-state index in [1.165, 1.54) is 5.56 Å². The van der Waals surface area contributed by atoms with E-state index in [2.05, 4.69) is 15.0 Å². The van der Waals surface area contributed by atoms with Gasteiger partial charge >= 0.3 is 0 Å². The molecular weight excluding hydrogens is 438 g/mol. The van der Waals surface area contributed by atoms with Crippen LogP contribution in [-0.2, 0) is 16.2 Å². The first-order valence-corrected chi connectivity index (χ1v) is 12.0. The summed E-state index contributed by atoms with van der Waals surface area (Å²) < 4.78 is 0. The number of nitrogen functional groups attached to an aromatic ring is 1. The molecule has 1 aromatic heterocycles. The van der Waals surface area contributed by atoms with Gasteiger partial charge in [-0.05, 0) is 62.5 Å². The molecule has 0 radical (unpaired) electrons. The Balaban J connectivity index is 1.29. The molecule has 0 saturated carbocycles. The van der Waals surface area contributed by atoms with Crippen LogP contribution in [0.15, 0.2) is 47.8 Å². The Bertz CT molecular complexity index is 982. The molecule has 8 heteroatoms. The summed E-state index contributed by atoms with van der Waals surface area (Å²) in [7, 11) is 1.56. The van der Waals surface area contributed by atoms with Crippen LogP contribution in [0, 0.1) is 11.8 Å². The van der Waals surface area contributed by atoms with Gasteiger partial charge in [-0.2, -0.15) is 0 Å². The fourth-order valence-corrected chi connectivity index (χ4v) is 5.16. The van der Waals surface area contributed by atoms with Gasteiger partial charge in [-0.3, -0.25) is 9.69 Å². The van der Waals surface area contributed by atoms with Crippen LogP contribution in [-0.4, -0.2) is 59.7 Å². The molecule has 1 amide bonds. The molecular formula is C25H32ClN5O2. The Morgan fingerprint density at radius 1 is 1.12 bits per heavy atom. The Hall–Kier alpha value is -2.64. The number of halogens is 1. The Labute approximate surface area is 200 Å². The van der Waals surface area contributed by atoms with Crippen molar-refractivity contribution in [2.75, 3.05) is 39.0 Å². The molecule has 0 unspecified atom stereocenters. The van der Waals surface area contributed by atoms with E-state index in [9.17, 15) is 4.79 Å². The van der Waals surface area contributed by atoms with Crippen molar-refractivity contribution in [1.29, 1.82) is 0 Å². The monoisotopic (exact) mass is 469 g/mol. The van der Waals surface area contributed by atoms with Crippen molar-refractivity contribution in [3.8, 4) is 0 Å². The van der Waals surface area contributed by atoms with Gasteiger partial charge in [0.25, 0.3) is 0 Å². The van der Waals surface area contributed by atoms with E-state index in [1.807, 2.05) is 41.3 Å². The molecule has 0 atom stereocenters. The van der Waals surface area contributed by atoms with E-state index in [4.69, 9.17) is 22.2 Å². The number of hydrogen-bond donors (Lipinski definition) is 1. The molecule has 3 heterocycles. The van der Waals surface area contributed by atoms with E-state index in [0.29, 0.717) is 16.7 Å². The largest absolute Gasteiger partial charge is 0.399 e. The Kier molecular flexibility index (Phi) is 7.83.